The first-order valence-corrected chi connectivity index (χ1v) is 9.45. The number of carbonyl (C=O) groups excluding carboxylic acids is 2. The third-order valence-corrected chi connectivity index (χ3v) is 4.01. The number of halogens is 1. The molecule has 1 aromatic heterocycles. The van der Waals surface area contributed by atoms with Crippen LogP contribution in [0.2, 0.25) is 5.02 Å². The van der Waals surface area contributed by atoms with Crippen molar-refractivity contribution < 1.29 is 14.3 Å². The Hall–Kier alpha value is -2.84. The van der Waals surface area contributed by atoms with Crippen molar-refractivity contribution in [3.63, 3.8) is 0 Å². The van der Waals surface area contributed by atoms with Crippen LogP contribution in [-0.4, -0.2) is 40.1 Å². The molecular formula is C20H26ClN5O3. The van der Waals surface area contributed by atoms with Crippen molar-refractivity contribution in [1.29, 1.82) is 0 Å². The molecule has 0 radical (unpaired) electrons. The van der Waals surface area contributed by atoms with E-state index in [2.05, 4.69) is 15.7 Å². The number of amides is 2. The lowest BCUT2D eigenvalue weighted by atomic mass is 10.2. The average Bonchev–Trinajstić information content (AvgIpc) is 2.65. The molecule has 0 saturated carbocycles. The van der Waals surface area contributed by atoms with E-state index in [4.69, 9.17) is 22.2 Å². The predicted octanol–water partition coefficient (Wildman–Crippen LogP) is 2.94. The fourth-order valence-corrected chi connectivity index (χ4v) is 2.73. The molecular weight excluding hydrogens is 394 g/mol. The van der Waals surface area contributed by atoms with E-state index in [0.717, 1.165) is 5.56 Å². The Kier molecular flexibility index (Phi) is 7.81. The van der Waals surface area contributed by atoms with Crippen LogP contribution in [0, 0.1) is 0 Å². The van der Waals surface area contributed by atoms with Crippen molar-refractivity contribution in [2.45, 2.75) is 39.0 Å². The summed E-state index contributed by atoms with van der Waals surface area (Å²) in [5, 5.41) is 3.58. The molecule has 0 aliphatic heterocycles. The van der Waals surface area contributed by atoms with Gasteiger partial charge in [-0.1, -0.05) is 23.7 Å². The van der Waals surface area contributed by atoms with Crippen molar-refractivity contribution in [3.8, 4) is 0 Å². The highest BCUT2D eigenvalue weighted by molar-refractivity contribution is 6.30. The van der Waals surface area contributed by atoms with E-state index in [-0.39, 0.29) is 13.1 Å². The zero-order valence-electron chi connectivity index (χ0n) is 16.7. The number of aromatic nitrogens is 1. The Balaban J connectivity index is 2.25. The van der Waals surface area contributed by atoms with E-state index in [9.17, 15) is 9.59 Å². The number of nitrogens with one attached hydrogen (secondary N) is 2. The van der Waals surface area contributed by atoms with Gasteiger partial charge in [-0.05, 0) is 50.6 Å². The summed E-state index contributed by atoms with van der Waals surface area (Å²) in [5.41, 5.74) is 2.87. The van der Waals surface area contributed by atoms with E-state index in [1.54, 1.807) is 63.5 Å². The maximum atomic E-state index is 12.8. The molecule has 4 N–H and O–H groups in total. The van der Waals surface area contributed by atoms with E-state index in [1.165, 1.54) is 4.90 Å². The molecule has 0 saturated heterocycles. The van der Waals surface area contributed by atoms with E-state index in [0.29, 0.717) is 10.7 Å². The number of ether oxygens (including phenoxy) is 1. The summed E-state index contributed by atoms with van der Waals surface area (Å²) in [5.74, 6) is 4.87. The number of benzene rings is 1. The first-order chi connectivity index (χ1) is 13.7. The molecule has 156 valence electrons. The second kappa shape index (κ2) is 10.1. The maximum Gasteiger partial charge on any atom is 0.410 e. The summed E-state index contributed by atoms with van der Waals surface area (Å²) in [6.45, 7) is 5.57. The lowest BCUT2D eigenvalue weighted by Gasteiger charge is -2.30. The SMILES string of the molecule is CC(C)(C)OC(=O)N(Cc1cccnc1)C[C@H](Nc1cccc(Cl)c1)C(=O)NN. The maximum absolute atomic E-state index is 12.8. The van der Waals surface area contributed by atoms with E-state index < -0.39 is 23.6 Å². The molecule has 1 atom stereocenters. The third kappa shape index (κ3) is 7.59. The number of pyridine rings is 1. The van der Waals surface area contributed by atoms with Gasteiger partial charge in [-0.25, -0.2) is 10.6 Å². The van der Waals surface area contributed by atoms with Crippen LogP contribution < -0.4 is 16.6 Å². The van der Waals surface area contributed by atoms with Gasteiger partial charge in [0, 0.05) is 23.1 Å². The number of anilines is 1. The Morgan fingerprint density at radius 3 is 2.62 bits per heavy atom. The van der Waals surface area contributed by atoms with Crippen LogP contribution >= 0.6 is 11.6 Å². The van der Waals surface area contributed by atoms with Gasteiger partial charge in [0.2, 0.25) is 0 Å². The van der Waals surface area contributed by atoms with Gasteiger partial charge >= 0.3 is 6.09 Å². The van der Waals surface area contributed by atoms with E-state index in [1.807, 2.05) is 6.07 Å². The average molecular weight is 420 g/mol. The van der Waals surface area contributed by atoms with Gasteiger partial charge in [0.1, 0.15) is 11.6 Å². The Morgan fingerprint density at radius 1 is 1.28 bits per heavy atom. The highest BCUT2D eigenvalue weighted by atomic mass is 35.5. The standard InChI is InChI=1S/C20H26ClN5O3/c1-20(2,3)29-19(28)26(12-14-6-5-9-23-11-14)13-17(18(27)25-22)24-16-8-4-7-15(21)10-16/h4-11,17,24H,12-13,22H2,1-3H3,(H,25,27)/t17-/m0/s1. The number of rotatable bonds is 7. The van der Waals surface area contributed by atoms with Gasteiger partial charge < -0.3 is 15.0 Å². The largest absolute Gasteiger partial charge is 0.444 e. The third-order valence-electron chi connectivity index (χ3n) is 3.78. The molecule has 0 spiro atoms. The van der Waals surface area contributed by atoms with Crippen LogP contribution in [-0.2, 0) is 16.1 Å². The van der Waals surface area contributed by atoms with Crippen molar-refractivity contribution in [1.82, 2.24) is 15.3 Å². The Labute approximate surface area is 175 Å². The van der Waals surface area contributed by atoms with Crippen LogP contribution in [0.5, 0.6) is 0 Å². The van der Waals surface area contributed by atoms with Crippen LogP contribution in [0.4, 0.5) is 10.5 Å². The van der Waals surface area contributed by atoms with Crippen LogP contribution in [0.3, 0.4) is 0 Å². The molecule has 8 nitrogen and oxygen atoms in total. The lowest BCUT2D eigenvalue weighted by molar-refractivity contribution is -0.122. The van der Waals surface area contributed by atoms with Crippen molar-refractivity contribution in [2.24, 2.45) is 5.84 Å². The minimum absolute atomic E-state index is 0.0132. The normalized spacial score (nSPS) is 12.0. The van der Waals surface area contributed by atoms with Crippen LogP contribution in [0.25, 0.3) is 0 Å². The van der Waals surface area contributed by atoms with Crippen LogP contribution in [0.15, 0.2) is 48.8 Å². The summed E-state index contributed by atoms with van der Waals surface area (Å²) >= 11 is 6.02. The van der Waals surface area contributed by atoms with Gasteiger partial charge in [0.25, 0.3) is 5.91 Å². The van der Waals surface area contributed by atoms with E-state index >= 15 is 0 Å². The van der Waals surface area contributed by atoms with Crippen LogP contribution in [0.1, 0.15) is 26.3 Å². The number of hydrogen-bond acceptors (Lipinski definition) is 6. The molecule has 1 aromatic carbocycles. The molecule has 0 aliphatic rings. The summed E-state index contributed by atoms with van der Waals surface area (Å²) in [6.07, 6.45) is 2.75. The van der Waals surface area contributed by atoms with Gasteiger partial charge in [-0.3, -0.25) is 15.2 Å². The van der Waals surface area contributed by atoms with Gasteiger partial charge in [0.05, 0.1) is 13.1 Å². The molecule has 9 heteroatoms. The van der Waals surface area contributed by atoms with Gasteiger partial charge in [-0.15, -0.1) is 0 Å². The van der Waals surface area contributed by atoms with Gasteiger partial charge in [0.15, 0.2) is 0 Å². The number of carbonyl (C=O) groups is 2. The molecule has 1 heterocycles. The summed E-state index contributed by atoms with van der Waals surface area (Å²) < 4.78 is 5.51. The first-order valence-electron chi connectivity index (χ1n) is 9.07. The zero-order chi connectivity index (χ0) is 21.4. The fourth-order valence-electron chi connectivity index (χ4n) is 2.54. The summed E-state index contributed by atoms with van der Waals surface area (Å²) in [4.78, 5) is 30.7. The predicted molar refractivity (Wildman–Crippen MR) is 112 cm³/mol. The zero-order valence-corrected chi connectivity index (χ0v) is 17.4. The molecule has 0 fully saturated rings. The number of nitrogens with zero attached hydrogens (tertiary/aromatic N) is 2. The molecule has 0 aliphatic carbocycles. The number of hydrogen-bond donors (Lipinski definition) is 3. The highest BCUT2D eigenvalue weighted by Crippen LogP contribution is 2.18. The van der Waals surface area contributed by atoms with Crippen molar-refractivity contribution in [3.05, 3.63) is 59.4 Å². The topological polar surface area (TPSA) is 110 Å². The summed E-state index contributed by atoms with van der Waals surface area (Å²) in [6, 6.07) is 9.70. The number of hydrazine groups is 1. The molecule has 0 unspecified atom stereocenters. The Morgan fingerprint density at radius 2 is 2.03 bits per heavy atom. The number of nitrogens with two attached hydrogens (primary N) is 1. The van der Waals surface area contributed by atoms with Crippen molar-refractivity contribution in [2.75, 3.05) is 11.9 Å². The smallest absolute Gasteiger partial charge is 0.410 e. The minimum Gasteiger partial charge on any atom is -0.444 e. The summed E-state index contributed by atoms with van der Waals surface area (Å²) in [7, 11) is 0. The molecule has 2 rings (SSSR count). The monoisotopic (exact) mass is 419 g/mol. The first kappa shape index (κ1) is 22.4. The molecule has 2 aromatic rings. The molecule has 2 amide bonds. The molecule has 0 bridgehead atoms. The molecule has 29 heavy (non-hydrogen) atoms. The second-order valence-corrected chi connectivity index (χ2v) is 7.87. The highest BCUT2D eigenvalue weighted by Gasteiger charge is 2.28. The minimum atomic E-state index is -0.831. The lowest BCUT2D eigenvalue weighted by Crippen LogP contribution is -2.51. The van der Waals surface area contributed by atoms with Gasteiger partial charge in [-0.2, -0.15) is 0 Å². The quantitative estimate of drug-likeness (QED) is 0.361. The Bertz CT molecular complexity index is 826. The van der Waals surface area contributed by atoms with Crippen molar-refractivity contribution >= 4 is 29.3 Å². The fraction of sp³-hybridized carbons (Fsp3) is 0.350. The second-order valence-electron chi connectivity index (χ2n) is 7.44.